The van der Waals surface area contributed by atoms with Gasteiger partial charge in [0, 0.05) is 0 Å². The van der Waals surface area contributed by atoms with E-state index in [1.165, 1.54) is 17.6 Å². The maximum absolute atomic E-state index is 5.68. The third-order valence-electron chi connectivity index (χ3n) is 3.28. The van der Waals surface area contributed by atoms with Gasteiger partial charge in [-0.1, -0.05) is 18.2 Å². The molecule has 0 spiro atoms. The maximum atomic E-state index is 5.68. The lowest BCUT2D eigenvalue weighted by molar-refractivity contribution is -0.0287. The van der Waals surface area contributed by atoms with E-state index in [-0.39, 0.29) is 12.4 Å². The minimum atomic E-state index is -0.0638. The van der Waals surface area contributed by atoms with E-state index in [4.69, 9.17) is 9.47 Å². The summed E-state index contributed by atoms with van der Waals surface area (Å²) in [5.74, 6) is 0.660. The Balaban J connectivity index is 1.93. The van der Waals surface area contributed by atoms with E-state index in [0.717, 1.165) is 19.4 Å². The molecule has 1 aliphatic heterocycles. The van der Waals surface area contributed by atoms with Gasteiger partial charge in [0.15, 0.2) is 6.29 Å². The van der Waals surface area contributed by atoms with Crippen LogP contribution >= 0.6 is 0 Å². The molecule has 15 heavy (non-hydrogen) atoms. The zero-order valence-electron chi connectivity index (χ0n) is 9.66. The largest absolute Gasteiger partial charge is 0.346 e. The van der Waals surface area contributed by atoms with Crippen LogP contribution < -0.4 is 0 Å². The fourth-order valence-electron chi connectivity index (χ4n) is 2.22. The van der Waals surface area contributed by atoms with E-state index >= 15 is 0 Å². The quantitative estimate of drug-likeness (QED) is 0.649. The van der Waals surface area contributed by atoms with Crippen molar-refractivity contribution in [1.29, 1.82) is 0 Å². The van der Waals surface area contributed by atoms with Crippen molar-refractivity contribution < 1.29 is 9.47 Å². The average molecular weight is 208 g/mol. The summed E-state index contributed by atoms with van der Waals surface area (Å²) in [4.78, 5) is 0. The van der Waals surface area contributed by atoms with Crippen LogP contribution in [0.3, 0.4) is 0 Å². The van der Waals surface area contributed by atoms with Crippen molar-refractivity contribution in [2.24, 2.45) is 5.92 Å². The topological polar surface area (TPSA) is 18.5 Å². The molecule has 1 heterocycles. The number of ether oxygens (including phenoxy) is 2. The van der Waals surface area contributed by atoms with Crippen LogP contribution in [0.25, 0.3) is 0 Å². The molecule has 0 aromatic rings. The van der Waals surface area contributed by atoms with Crippen molar-refractivity contribution >= 4 is 0 Å². The molecule has 0 N–H and O–H groups in total. The van der Waals surface area contributed by atoms with E-state index in [2.05, 4.69) is 26.5 Å². The standard InChI is InChI=1S/C13H20O2/c1-9(2)11-4-6-12(7-5-11)13-14-8-10(3)15-13/h6,10-11,13H,1,4-5,7-8H2,2-3H3. The van der Waals surface area contributed by atoms with Gasteiger partial charge in [-0.2, -0.15) is 0 Å². The molecule has 0 bridgehead atoms. The Bertz CT molecular complexity index is 280. The number of rotatable bonds is 2. The Labute approximate surface area is 92.0 Å². The molecular formula is C13H20O2. The van der Waals surface area contributed by atoms with Crippen LogP contribution in [0.15, 0.2) is 23.8 Å². The summed E-state index contributed by atoms with van der Waals surface area (Å²) in [7, 11) is 0. The Hall–Kier alpha value is -0.600. The second-order valence-electron chi connectivity index (χ2n) is 4.71. The lowest BCUT2D eigenvalue weighted by Gasteiger charge is -2.24. The third-order valence-corrected chi connectivity index (χ3v) is 3.28. The lowest BCUT2D eigenvalue weighted by Crippen LogP contribution is -2.17. The van der Waals surface area contributed by atoms with Crippen LogP contribution in [-0.4, -0.2) is 19.0 Å². The van der Waals surface area contributed by atoms with Crippen LogP contribution in [0, 0.1) is 5.92 Å². The number of hydrogen-bond donors (Lipinski definition) is 0. The highest BCUT2D eigenvalue weighted by atomic mass is 16.7. The minimum Gasteiger partial charge on any atom is -0.346 e. The van der Waals surface area contributed by atoms with Crippen LogP contribution in [0.5, 0.6) is 0 Å². The molecule has 84 valence electrons. The van der Waals surface area contributed by atoms with Gasteiger partial charge in [0.05, 0.1) is 12.7 Å². The third kappa shape index (κ3) is 2.50. The first-order chi connectivity index (χ1) is 7.16. The molecule has 0 saturated carbocycles. The Morgan fingerprint density at radius 1 is 1.53 bits per heavy atom. The summed E-state index contributed by atoms with van der Waals surface area (Å²) in [5.41, 5.74) is 2.63. The zero-order chi connectivity index (χ0) is 10.8. The number of allylic oxidation sites excluding steroid dienone is 2. The molecule has 0 amide bonds. The second kappa shape index (κ2) is 4.50. The molecule has 2 aliphatic rings. The molecular weight excluding hydrogens is 188 g/mol. The monoisotopic (exact) mass is 208 g/mol. The highest BCUT2D eigenvalue weighted by molar-refractivity contribution is 5.14. The van der Waals surface area contributed by atoms with Crippen LogP contribution in [0.2, 0.25) is 0 Å². The average Bonchev–Trinajstić information content (AvgIpc) is 2.65. The summed E-state index contributed by atoms with van der Waals surface area (Å²) in [6.07, 6.45) is 5.85. The Morgan fingerprint density at radius 2 is 2.33 bits per heavy atom. The van der Waals surface area contributed by atoms with Gasteiger partial charge in [0.1, 0.15) is 0 Å². The van der Waals surface area contributed by atoms with Gasteiger partial charge in [0.25, 0.3) is 0 Å². The molecule has 2 rings (SSSR count). The van der Waals surface area contributed by atoms with E-state index < -0.39 is 0 Å². The molecule has 0 radical (unpaired) electrons. The lowest BCUT2D eigenvalue weighted by atomic mass is 9.85. The molecule has 1 aliphatic carbocycles. The smallest absolute Gasteiger partial charge is 0.180 e. The van der Waals surface area contributed by atoms with Gasteiger partial charge in [-0.25, -0.2) is 0 Å². The van der Waals surface area contributed by atoms with Gasteiger partial charge in [-0.3, -0.25) is 0 Å². The second-order valence-corrected chi connectivity index (χ2v) is 4.71. The fourth-order valence-corrected chi connectivity index (χ4v) is 2.22. The highest BCUT2D eigenvalue weighted by Crippen LogP contribution is 2.32. The van der Waals surface area contributed by atoms with Crippen molar-refractivity contribution in [2.75, 3.05) is 6.61 Å². The van der Waals surface area contributed by atoms with Crippen molar-refractivity contribution in [3.63, 3.8) is 0 Å². The predicted octanol–water partition coefficient (Wildman–Crippen LogP) is 3.05. The van der Waals surface area contributed by atoms with Gasteiger partial charge < -0.3 is 9.47 Å². The fraction of sp³-hybridized carbons (Fsp3) is 0.692. The molecule has 0 aromatic heterocycles. The summed E-state index contributed by atoms with van der Waals surface area (Å²) < 4.78 is 11.3. The van der Waals surface area contributed by atoms with E-state index in [1.807, 2.05) is 0 Å². The van der Waals surface area contributed by atoms with E-state index in [0.29, 0.717) is 5.92 Å². The summed E-state index contributed by atoms with van der Waals surface area (Å²) in [6.45, 7) is 8.92. The summed E-state index contributed by atoms with van der Waals surface area (Å²) in [5, 5.41) is 0. The van der Waals surface area contributed by atoms with E-state index in [1.54, 1.807) is 0 Å². The van der Waals surface area contributed by atoms with Crippen LogP contribution in [0.1, 0.15) is 33.1 Å². The first-order valence-corrected chi connectivity index (χ1v) is 5.78. The SMILES string of the molecule is C=C(C)C1CC=C(C2OCC(C)O2)CC1. The predicted molar refractivity (Wildman–Crippen MR) is 60.5 cm³/mol. The first kappa shape index (κ1) is 10.9. The first-order valence-electron chi connectivity index (χ1n) is 5.78. The highest BCUT2D eigenvalue weighted by Gasteiger charge is 2.28. The molecule has 2 heteroatoms. The molecule has 3 unspecified atom stereocenters. The maximum Gasteiger partial charge on any atom is 0.180 e. The van der Waals surface area contributed by atoms with Gasteiger partial charge in [-0.05, 0) is 44.6 Å². The molecule has 1 fully saturated rings. The Morgan fingerprint density at radius 3 is 2.80 bits per heavy atom. The van der Waals surface area contributed by atoms with Gasteiger partial charge in [0.2, 0.25) is 0 Å². The van der Waals surface area contributed by atoms with E-state index in [9.17, 15) is 0 Å². The van der Waals surface area contributed by atoms with Gasteiger partial charge >= 0.3 is 0 Å². The minimum absolute atomic E-state index is 0.0638. The zero-order valence-corrected chi connectivity index (χ0v) is 9.66. The molecule has 0 aromatic carbocycles. The van der Waals surface area contributed by atoms with Crippen molar-refractivity contribution in [3.05, 3.63) is 23.8 Å². The Kier molecular flexibility index (Phi) is 3.27. The summed E-state index contributed by atoms with van der Waals surface area (Å²) >= 11 is 0. The van der Waals surface area contributed by atoms with Crippen molar-refractivity contribution in [3.8, 4) is 0 Å². The number of hydrogen-bond acceptors (Lipinski definition) is 2. The van der Waals surface area contributed by atoms with Crippen LogP contribution in [-0.2, 0) is 9.47 Å². The molecule has 1 saturated heterocycles. The van der Waals surface area contributed by atoms with Crippen molar-refractivity contribution in [1.82, 2.24) is 0 Å². The summed E-state index contributed by atoms with van der Waals surface area (Å²) in [6, 6.07) is 0. The molecule has 3 atom stereocenters. The normalized spacial score (nSPS) is 36.4. The molecule has 2 nitrogen and oxygen atoms in total. The van der Waals surface area contributed by atoms with Gasteiger partial charge in [-0.15, -0.1) is 0 Å². The van der Waals surface area contributed by atoms with Crippen LogP contribution in [0.4, 0.5) is 0 Å². The van der Waals surface area contributed by atoms with Crippen molar-refractivity contribution in [2.45, 2.75) is 45.5 Å².